The third-order valence-electron chi connectivity index (χ3n) is 3.43. The van der Waals surface area contributed by atoms with Gasteiger partial charge in [0.25, 0.3) is 5.69 Å². The molecule has 2 rings (SSSR count). The maximum Gasteiger partial charge on any atom is 0.310 e. The summed E-state index contributed by atoms with van der Waals surface area (Å²) in [5.41, 5.74) is -0.0719. The summed E-state index contributed by atoms with van der Waals surface area (Å²) in [6.45, 7) is 3.13. The number of esters is 1. The number of nitro groups is 1. The first-order chi connectivity index (χ1) is 9.43. The predicted octanol–water partition coefficient (Wildman–Crippen LogP) is 2.00. The van der Waals surface area contributed by atoms with Gasteiger partial charge in [0, 0.05) is 19.2 Å². The van der Waals surface area contributed by atoms with Gasteiger partial charge in [-0.05, 0) is 21.8 Å². The number of anilines is 1. The zero-order valence-electron chi connectivity index (χ0n) is 11.1. The zero-order chi connectivity index (χ0) is 14.9. The van der Waals surface area contributed by atoms with Crippen molar-refractivity contribution in [1.82, 2.24) is 4.98 Å². The quantitative estimate of drug-likeness (QED) is 0.474. The summed E-state index contributed by atoms with van der Waals surface area (Å²) in [6, 6.07) is 1.42. The van der Waals surface area contributed by atoms with Gasteiger partial charge in [0.15, 0.2) is 0 Å². The number of halogens is 1. The van der Waals surface area contributed by atoms with Gasteiger partial charge >= 0.3 is 5.97 Å². The summed E-state index contributed by atoms with van der Waals surface area (Å²) in [7, 11) is 1.37. The van der Waals surface area contributed by atoms with E-state index in [2.05, 4.69) is 20.9 Å². The standard InChI is InChI=1S/C12H14BrN3O4/c1-7-5-15(6-9(7)12(17)20-2)11-10(13)3-8(4-14-11)16(18)19/h3-4,7,9H,5-6H2,1-2H3. The van der Waals surface area contributed by atoms with Crippen LogP contribution in [-0.2, 0) is 9.53 Å². The van der Waals surface area contributed by atoms with Crippen molar-refractivity contribution >= 4 is 33.4 Å². The van der Waals surface area contributed by atoms with Crippen LogP contribution in [0.4, 0.5) is 11.5 Å². The minimum Gasteiger partial charge on any atom is -0.469 e. The maximum atomic E-state index is 11.7. The third-order valence-corrected chi connectivity index (χ3v) is 4.02. The monoisotopic (exact) mass is 343 g/mol. The number of pyridine rings is 1. The second-order valence-corrected chi connectivity index (χ2v) is 5.62. The molecule has 0 radical (unpaired) electrons. The largest absolute Gasteiger partial charge is 0.469 e. The average molecular weight is 344 g/mol. The molecule has 1 aliphatic heterocycles. The molecule has 108 valence electrons. The Kier molecular flexibility index (Phi) is 4.22. The van der Waals surface area contributed by atoms with Crippen molar-refractivity contribution in [3.63, 3.8) is 0 Å². The van der Waals surface area contributed by atoms with Crippen LogP contribution >= 0.6 is 15.9 Å². The van der Waals surface area contributed by atoms with Gasteiger partial charge in [-0.15, -0.1) is 0 Å². The summed E-state index contributed by atoms with van der Waals surface area (Å²) in [4.78, 5) is 27.9. The molecule has 1 saturated heterocycles. The van der Waals surface area contributed by atoms with Crippen molar-refractivity contribution in [2.45, 2.75) is 6.92 Å². The van der Waals surface area contributed by atoms with E-state index in [1.165, 1.54) is 19.4 Å². The lowest BCUT2D eigenvalue weighted by molar-refractivity contribution is -0.385. The Balaban J connectivity index is 2.21. The molecule has 7 nitrogen and oxygen atoms in total. The molecule has 1 aromatic heterocycles. The molecule has 0 bridgehead atoms. The Labute approximate surface area is 124 Å². The Morgan fingerprint density at radius 3 is 2.85 bits per heavy atom. The number of nitrogens with zero attached hydrogens (tertiary/aromatic N) is 3. The Bertz CT molecular complexity index is 552. The highest BCUT2D eigenvalue weighted by molar-refractivity contribution is 9.10. The minimum atomic E-state index is -0.495. The molecule has 2 heterocycles. The van der Waals surface area contributed by atoms with Crippen LogP contribution in [0.5, 0.6) is 0 Å². The number of ether oxygens (including phenoxy) is 1. The van der Waals surface area contributed by atoms with Gasteiger partial charge in [-0.3, -0.25) is 14.9 Å². The molecule has 2 atom stereocenters. The molecule has 0 aromatic carbocycles. The van der Waals surface area contributed by atoms with Crippen LogP contribution in [0.3, 0.4) is 0 Å². The molecule has 2 unspecified atom stereocenters. The molecule has 0 amide bonds. The fraction of sp³-hybridized carbons (Fsp3) is 0.500. The van der Waals surface area contributed by atoms with Crippen molar-refractivity contribution in [2.24, 2.45) is 11.8 Å². The summed E-state index contributed by atoms with van der Waals surface area (Å²) in [5.74, 6) is 0.308. The van der Waals surface area contributed by atoms with E-state index < -0.39 is 4.92 Å². The molecule has 1 fully saturated rings. The van der Waals surface area contributed by atoms with E-state index in [1.54, 1.807) is 0 Å². The fourth-order valence-corrected chi connectivity index (χ4v) is 2.94. The normalized spacial score (nSPS) is 21.9. The number of carbonyl (C=O) groups excluding carboxylic acids is 1. The van der Waals surface area contributed by atoms with E-state index >= 15 is 0 Å². The summed E-state index contributed by atoms with van der Waals surface area (Å²) >= 11 is 3.29. The molecular formula is C12H14BrN3O4. The second-order valence-electron chi connectivity index (χ2n) is 4.77. The summed E-state index contributed by atoms with van der Waals surface area (Å²) < 4.78 is 5.33. The Morgan fingerprint density at radius 1 is 1.60 bits per heavy atom. The highest BCUT2D eigenvalue weighted by Gasteiger charge is 2.36. The van der Waals surface area contributed by atoms with Gasteiger partial charge in [-0.25, -0.2) is 4.98 Å². The van der Waals surface area contributed by atoms with Gasteiger partial charge < -0.3 is 9.64 Å². The van der Waals surface area contributed by atoms with E-state index in [-0.39, 0.29) is 23.5 Å². The first-order valence-corrected chi connectivity index (χ1v) is 6.86. The molecule has 8 heteroatoms. The highest BCUT2D eigenvalue weighted by atomic mass is 79.9. The first kappa shape index (κ1) is 14.7. The number of rotatable bonds is 3. The van der Waals surface area contributed by atoms with Crippen LogP contribution in [0, 0.1) is 22.0 Å². The molecule has 20 heavy (non-hydrogen) atoms. The van der Waals surface area contributed by atoms with E-state index in [9.17, 15) is 14.9 Å². The third kappa shape index (κ3) is 2.74. The second kappa shape index (κ2) is 5.74. The van der Waals surface area contributed by atoms with E-state index in [0.717, 1.165) is 0 Å². The van der Waals surface area contributed by atoms with Gasteiger partial charge in [0.1, 0.15) is 12.0 Å². The topological polar surface area (TPSA) is 85.6 Å². The van der Waals surface area contributed by atoms with Crippen molar-refractivity contribution in [3.05, 3.63) is 26.9 Å². The highest BCUT2D eigenvalue weighted by Crippen LogP contribution is 2.33. The van der Waals surface area contributed by atoms with Crippen LogP contribution in [0.1, 0.15) is 6.92 Å². The lowest BCUT2D eigenvalue weighted by atomic mass is 9.99. The van der Waals surface area contributed by atoms with Crippen LogP contribution in [0.25, 0.3) is 0 Å². The van der Waals surface area contributed by atoms with Crippen molar-refractivity contribution in [2.75, 3.05) is 25.1 Å². The molecule has 0 N–H and O–H groups in total. The van der Waals surface area contributed by atoms with Gasteiger partial charge in [0.05, 0.1) is 22.4 Å². The van der Waals surface area contributed by atoms with Crippen LogP contribution < -0.4 is 4.90 Å². The van der Waals surface area contributed by atoms with Crippen LogP contribution in [0.15, 0.2) is 16.7 Å². The number of carbonyl (C=O) groups is 1. The van der Waals surface area contributed by atoms with E-state index in [0.29, 0.717) is 23.4 Å². The number of hydrogen-bond donors (Lipinski definition) is 0. The van der Waals surface area contributed by atoms with Gasteiger partial charge in [-0.2, -0.15) is 0 Å². The van der Waals surface area contributed by atoms with E-state index in [4.69, 9.17) is 4.74 Å². The molecular weight excluding hydrogens is 330 g/mol. The molecule has 1 aliphatic rings. The summed E-state index contributed by atoms with van der Waals surface area (Å²) in [6.07, 6.45) is 1.22. The van der Waals surface area contributed by atoms with E-state index in [1.807, 2.05) is 11.8 Å². The van der Waals surface area contributed by atoms with Crippen molar-refractivity contribution < 1.29 is 14.5 Å². The fourth-order valence-electron chi connectivity index (χ4n) is 2.35. The summed E-state index contributed by atoms with van der Waals surface area (Å²) in [5, 5.41) is 10.7. The predicted molar refractivity (Wildman–Crippen MR) is 75.5 cm³/mol. The molecule has 0 aliphatic carbocycles. The zero-order valence-corrected chi connectivity index (χ0v) is 12.7. The number of methoxy groups -OCH3 is 1. The lowest BCUT2D eigenvalue weighted by Gasteiger charge is -2.18. The smallest absolute Gasteiger partial charge is 0.310 e. The molecule has 1 aromatic rings. The Morgan fingerprint density at radius 2 is 2.30 bits per heavy atom. The van der Waals surface area contributed by atoms with Crippen LogP contribution in [0.2, 0.25) is 0 Å². The van der Waals surface area contributed by atoms with Crippen molar-refractivity contribution in [3.8, 4) is 0 Å². The number of hydrogen-bond acceptors (Lipinski definition) is 6. The lowest BCUT2D eigenvalue weighted by Crippen LogP contribution is -2.25. The molecule has 0 saturated carbocycles. The average Bonchev–Trinajstić information content (AvgIpc) is 2.79. The van der Waals surface area contributed by atoms with Crippen LogP contribution in [-0.4, -0.2) is 36.1 Å². The first-order valence-electron chi connectivity index (χ1n) is 6.06. The maximum absolute atomic E-state index is 11.7. The van der Waals surface area contributed by atoms with Gasteiger partial charge in [-0.1, -0.05) is 6.92 Å². The van der Waals surface area contributed by atoms with Crippen molar-refractivity contribution in [1.29, 1.82) is 0 Å². The number of aromatic nitrogens is 1. The SMILES string of the molecule is COC(=O)C1CN(c2ncc([N+](=O)[O-])cc2Br)CC1C. The van der Waals surface area contributed by atoms with Gasteiger partial charge in [0.2, 0.25) is 0 Å². The molecule has 0 spiro atoms. The minimum absolute atomic E-state index is 0.0719. The Hall–Kier alpha value is -1.70.